The molecule has 0 radical (unpaired) electrons. The molecule has 0 spiro atoms. The van der Waals surface area contributed by atoms with Crippen LogP contribution in [0, 0.1) is 0 Å². The number of hydrogen-bond acceptors (Lipinski definition) is 4. The molecule has 3 rings (SSSR count). The topological polar surface area (TPSA) is 73.2 Å². The SMILES string of the molecule is CCCNC(=O)c1ccc(-n2nc(C(=O)OCC)cc2-c2ccc(CC)cc2)cc1. The third kappa shape index (κ3) is 4.76. The molecule has 30 heavy (non-hydrogen) atoms. The number of nitrogens with zero attached hydrogens (tertiary/aromatic N) is 2. The molecule has 1 heterocycles. The maximum atomic E-state index is 12.3. The molecule has 0 saturated carbocycles. The van der Waals surface area contributed by atoms with Gasteiger partial charge in [0.05, 0.1) is 18.0 Å². The average molecular weight is 405 g/mol. The molecule has 6 heteroatoms. The molecule has 1 N–H and O–H groups in total. The number of amides is 1. The molecule has 0 atom stereocenters. The van der Waals surface area contributed by atoms with Gasteiger partial charge in [0, 0.05) is 17.7 Å². The lowest BCUT2D eigenvalue weighted by atomic mass is 10.1. The molecule has 0 aliphatic heterocycles. The van der Waals surface area contributed by atoms with Crippen LogP contribution in [0.25, 0.3) is 16.9 Å². The zero-order valence-electron chi connectivity index (χ0n) is 17.6. The first-order valence-corrected chi connectivity index (χ1v) is 10.3. The monoisotopic (exact) mass is 405 g/mol. The zero-order chi connectivity index (χ0) is 21.5. The molecule has 156 valence electrons. The molecule has 0 unspecified atom stereocenters. The van der Waals surface area contributed by atoms with Gasteiger partial charge >= 0.3 is 5.97 Å². The number of esters is 1. The van der Waals surface area contributed by atoms with Crippen LogP contribution in [0.2, 0.25) is 0 Å². The smallest absolute Gasteiger partial charge is 0.358 e. The number of carbonyl (C=O) groups excluding carboxylic acids is 2. The van der Waals surface area contributed by atoms with Crippen molar-refractivity contribution < 1.29 is 14.3 Å². The van der Waals surface area contributed by atoms with Crippen LogP contribution in [-0.4, -0.2) is 34.8 Å². The molecule has 1 amide bonds. The summed E-state index contributed by atoms with van der Waals surface area (Å²) in [5, 5.41) is 7.35. The summed E-state index contributed by atoms with van der Waals surface area (Å²) in [7, 11) is 0. The number of nitrogens with one attached hydrogen (secondary N) is 1. The fourth-order valence-electron chi connectivity index (χ4n) is 3.09. The Labute approximate surface area is 176 Å². The van der Waals surface area contributed by atoms with Gasteiger partial charge in [-0.1, -0.05) is 38.1 Å². The van der Waals surface area contributed by atoms with Gasteiger partial charge in [0.2, 0.25) is 0 Å². The van der Waals surface area contributed by atoms with E-state index in [0.717, 1.165) is 29.8 Å². The quantitative estimate of drug-likeness (QED) is 0.563. The average Bonchev–Trinajstić information content (AvgIpc) is 3.23. The van der Waals surface area contributed by atoms with Gasteiger partial charge in [-0.25, -0.2) is 9.48 Å². The van der Waals surface area contributed by atoms with Crippen molar-refractivity contribution in [3.8, 4) is 16.9 Å². The first-order chi connectivity index (χ1) is 14.6. The lowest BCUT2D eigenvalue weighted by molar-refractivity contribution is 0.0519. The van der Waals surface area contributed by atoms with Crippen molar-refractivity contribution in [2.75, 3.05) is 13.2 Å². The summed E-state index contributed by atoms with van der Waals surface area (Å²) in [6.07, 6.45) is 1.84. The molecule has 0 fully saturated rings. The fraction of sp³-hybridized carbons (Fsp3) is 0.292. The largest absolute Gasteiger partial charge is 0.461 e. The first kappa shape index (κ1) is 21.3. The molecule has 0 aliphatic rings. The van der Waals surface area contributed by atoms with Crippen LogP contribution in [0.15, 0.2) is 54.6 Å². The van der Waals surface area contributed by atoms with Crippen LogP contribution >= 0.6 is 0 Å². The summed E-state index contributed by atoms with van der Waals surface area (Å²) in [5.41, 5.74) is 4.55. The molecule has 0 bridgehead atoms. The molecule has 2 aromatic carbocycles. The zero-order valence-corrected chi connectivity index (χ0v) is 17.6. The second kappa shape index (κ2) is 9.87. The van der Waals surface area contributed by atoms with Gasteiger partial charge in [-0.05, 0) is 55.7 Å². The Morgan fingerprint density at radius 3 is 2.30 bits per heavy atom. The van der Waals surface area contributed by atoms with Crippen LogP contribution in [0.3, 0.4) is 0 Å². The Bertz CT molecular complexity index is 1010. The first-order valence-electron chi connectivity index (χ1n) is 10.3. The third-order valence-electron chi connectivity index (χ3n) is 4.76. The second-order valence-electron chi connectivity index (χ2n) is 6.90. The molecular weight excluding hydrogens is 378 g/mol. The molecule has 6 nitrogen and oxygen atoms in total. The van der Waals surface area contributed by atoms with Crippen LogP contribution in [0.1, 0.15) is 53.6 Å². The number of aromatic nitrogens is 2. The summed E-state index contributed by atoms with van der Waals surface area (Å²) in [6, 6.07) is 17.1. The number of ether oxygens (including phenoxy) is 1. The van der Waals surface area contributed by atoms with E-state index in [4.69, 9.17) is 4.74 Å². The van der Waals surface area contributed by atoms with Gasteiger partial charge in [0.15, 0.2) is 5.69 Å². The van der Waals surface area contributed by atoms with Crippen molar-refractivity contribution in [3.63, 3.8) is 0 Å². The van der Waals surface area contributed by atoms with E-state index in [1.165, 1.54) is 5.56 Å². The normalized spacial score (nSPS) is 10.6. The van der Waals surface area contributed by atoms with E-state index in [1.54, 1.807) is 29.8 Å². The molecule has 3 aromatic rings. The third-order valence-corrected chi connectivity index (χ3v) is 4.76. The molecule has 0 saturated heterocycles. The van der Waals surface area contributed by atoms with Crippen LogP contribution in [0.4, 0.5) is 0 Å². The minimum atomic E-state index is -0.460. The fourth-order valence-corrected chi connectivity index (χ4v) is 3.09. The van der Waals surface area contributed by atoms with Gasteiger partial charge in [0.1, 0.15) is 0 Å². The van der Waals surface area contributed by atoms with Crippen molar-refractivity contribution in [1.82, 2.24) is 15.1 Å². The predicted molar refractivity (Wildman–Crippen MR) is 117 cm³/mol. The number of benzene rings is 2. The highest BCUT2D eigenvalue weighted by atomic mass is 16.5. The van der Waals surface area contributed by atoms with Crippen molar-refractivity contribution in [3.05, 3.63) is 71.4 Å². The molecule has 1 aromatic heterocycles. The number of carbonyl (C=O) groups is 2. The van der Waals surface area contributed by atoms with E-state index in [-0.39, 0.29) is 18.2 Å². The van der Waals surface area contributed by atoms with Crippen molar-refractivity contribution >= 4 is 11.9 Å². The van der Waals surface area contributed by atoms with Crippen LogP contribution in [-0.2, 0) is 11.2 Å². The van der Waals surface area contributed by atoms with E-state index >= 15 is 0 Å². The highest BCUT2D eigenvalue weighted by Gasteiger charge is 2.18. The van der Waals surface area contributed by atoms with E-state index in [1.807, 2.05) is 31.2 Å². The minimum Gasteiger partial charge on any atom is -0.461 e. The summed E-state index contributed by atoms with van der Waals surface area (Å²) in [5.74, 6) is -0.565. The number of aryl methyl sites for hydroxylation is 1. The van der Waals surface area contributed by atoms with E-state index in [0.29, 0.717) is 12.1 Å². The Morgan fingerprint density at radius 1 is 1.00 bits per heavy atom. The van der Waals surface area contributed by atoms with Gasteiger partial charge in [-0.15, -0.1) is 0 Å². The Balaban J connectivity index is 1.99. The van der Waals surface area contributed by atoms with Crippen molar-refractivity contribution in [2.24, 2.45) is 0 Å². The van der Waals surface area contributed by atoms with E-state index < -0.39 is 5.97 Å². The lowest BCUT2D eigenvalue weighted by Gasteiger charge is -2.09. The van der Waals surface area contributed by atoms with Gasteiger partial charge in [-0.2, -0.15) is 5.10 Å². The van der Waals surface area contributed by atoms with Crippen LogP contribution in [0.5, 0.6) is 0 Å². The van der Waals surface area contributed by atoms with E-state index in [2.05, 4.69) is 29.5 Å². The Hall–Kier alpha value is -3.41. The highest BCUT2D eigenvalue weighted by Crippen LogP contribution is 2.25. The van der Waals surface area contributed by atoms with Gasteiger partial charge in [-0.3, -0.25) is 4.79 Å². The van der Waals surface area contributed by atoms with Gasteiger partial charge < -0.3 is 10.1 Å². The summed E-state index contributed by atoms with van der Waals surface area (Å²) < 4.78 is 6.83. The second-order valence-corrected chi connectivity index (χ2v) is 6.90. The van der Waals surface area contributed by atoms with Crippen LogP contribution < -0.4 is 5.32 Å². The molecule has 0 aliphatic carbocycles. The maximum absolute atomic E-state index is 12.3. The predicted octanol–water partition coefficient (Wildman–Crippen LogP) is 4.42. The Kier molecular flexibility index (Phi) is 7.01. The summed E-state index contributed by atoms with van der Waals surface area (Å²) >= 11 is 0. The van der Waals surface area contributed by atoms with Crippen molar-refractivity contribution in [2.45, 2.75) is 33.6 Å². The number of rotatable bonds is 8. The minimum absolute atomic E-state index is 0.105. The highest BCUT2D eigenvalue weighted by molar-refractivity contribution is 5.94. The number of hydrogen-bond donors (Lipinski definition) is 1. The standard InChI is InChI=1S/C24H27N3O3/c1-4-15-25-23(28)19-11-13-20(14-12-19)27-22(16-21(26-27)24(29)30-6-3)18-9-7-17(5-2)8-10-18/h7-14,16H,4-6,15H2,1-3H3,(H,25,28). The molecular formula is C24H27N3O3. The Morgan fingerprint density at radius 2 is 1.70 bits per heavy atom. The van der Waals surface area contributed by atoms with Crippen molar-refractivity contribution in [1.29, 1.82) is 0 Å². The summed E-state index contributed by atoms with van der Waals surface area (Å²) in [6.45, 7) is 6.81. The van der Waals surface area contributed by atoms with E-state index in [9.17, 15) is 9.59 Å². The lowest BCUT2D eigenvalue weighted by Crippen LogP contribution is -2.23. The summed E-state index contributed by atoms with van der Waals surface area (Å²) in [4.78, 5) is 24.4. The van der Waals surface area contributed by atoms with Gasteiger partial charge in [0.25, 0.3) is 5.91 Å². The maximum Gasteiger partial charge on any atom is 0.358 e.